The number of imide groups is 1. The fourth-order valence-electron chi connectivity index (χ4n) is 1.86. The van der Waals surface area contributed by atoms with Crippen LogP contribution in [-0.4, -0.2) is 11.8 Å². The zero-order valence-corrected chi connectivity index (χ0v) is 9.10. The number of hydrogen-bond acceptors (Lipinski definition) is 4. The van der Waals surface area contributed by atoms with Crippen LogP contribution in [0.15, 0.2) is 45.6 Å². The molecule has 0 fully saturated rings. The van der Waals surface area contributed by atoms with Crippen LogP contribution in [0.5, 0.6) is 0 Å². The fraction of sp³-hybridized carbons (Fsp3) is 0. The molecule has 5 nitrogen and oxygen atoms in total. The van der Waals surface area contributed by atoms with Gasteiger partial charge in [-0.25, -0.2) is 4.79 Å². The fourth-order valence-corrected chi connectivity index (χ4v) is 1.86. The van der Waals surface area contributed by atoms with Crippen LogP contribution in [0.25, 0.3) is 16.5 Å². The summed E-state index contributed by atoms with van der Waals surface area (Å²) in [6.45, 7) is 0. The summed E-state index contributed by atoms with van der Waals surface area (Å²) in [6, 6.07) is 8.51. The van der Waals surface area contributed by atoms with Crippen molar-refractivity contribution in [3.8, 4) is 0 Å². The molecule has 18 heavy (non-hydrogen) atoms. The topological polar surface area (TPSA) is 76.4 Å². The summed E-state index contributed by atoms with van der Waals surface area (Å²) in [5, 5.41) is 2.78. The van der Waals surface area contributed by atoms with Gasteiger partial charge in [0.05, 0.1) is 11.1 Å². The molecule has 0 bridgehead atoms. The van der Waals surface area contributed by atoms with Crippen molar-refractivity contribution in [1.82, 2.24) is 5.32 Å². The second kappa shape index (κ2) is 3.66. The molecule has 2 heterocycles. The van der Waals surface area contributed by atoms with Crippen LogP contribution in [0.2, 0.25) is 0 Å². The van der Waals surface area contributed by atoms with E-state index in [1.807, 2.05) is 0 Å². The largest absolute Gasteiger partial charge is 0.422 e. The van der Waals surface area contributed by atoms with Crippen LogP contribution in [0.4, 0.5) is 0 Å². The van der Waals surface area contributed by atoms with Gasteiger partial charge in [-0.2, -0.15) is 0 Å². The number of benzene rings is 1. The van der Waals surface area contributed by atoms with Crippen LogP contribution in [0.3, 0.4) is 0 Å². The molecule has 0 radical (unpaired) electrons. The average molecular weight is 241 g/mol. The highest BCUT2D eigenvalue weighted by molar-refractivity contribution is 6.33. The number of fused-ring (bicyclic) bond motifs is 1. The Morgan fingerprint density at radius 1 is 1.06 bits per heavy atom. The SMILES string of the molecule is O=C1C=C(c2cc3ccccc3oc2=O)C(=O)N1. The molecule has 1 aliphatic heterocycles. The van der Waals surface area contributed by atoms with Crippen molar-refractivity contribution in [3.05, 3.63) is 52.4 Å². The van der Waals surface area contributed by atoms with Crippen molar-refractivity contribution in [2.45, 2.75) is 0 Å². The minimum atomic E-state index is -0.634. The molecule has 5 heteroatoms. The van der Waals surface area contributed by atoms with Gasteiger partial charge in [0.15, 0.2) is 0 Å². The van der Waals surface area contributed by atoms with Crippen LogP contribution in [0, 0.1) is 0 Å². The summed E-state index contributed by atoms with van der Waals surface area (Å²) in [5.41, 5.74) is -0.0575. The van der Waals surface area contributed by atoms with Crippen molar-refractivity contribution < 1.29 is 14.0 Å². The first-order valence-corrected chi connectivity index (χ1v) is 5.25. The lowest BCUT2D eigenvalue weighted by Gasteiger charge is -2.01. The maximum absolute atomic E-state index is 11.8. The smallest absolute Gasteiger partial charge is 0.344 e. The van der Waals surface area contributed by atoms with Crippen LogP contribution < -0.4 is 10.9 Å². The third-order valence-electron chi connectivity index (χ3n) is 2.69. The standard InChI is InChI=1S/C13H7NO4/c15-11-6-8(12(16)14-11)9-5-7-3-1-2-4-10(7)18-13(9)17/h1-6H,(H,14,15,16). The summed E-state index contributed by atoms with van der Waals surface area (Å²) in [4.78, 5) is 34.3. The number of hydrogen-bond donors (Lipinski definition) is 1. The highest BCUT2D eigenvalue weighted by Gasteiger charge is 2.25. The Morgan fingerprint density at radius 3 is 2.56 bits per heavy atom. The molecule has 88 valence electrons. The van der Waals surface area contributed by atoms with Gasteiger partial charge < -0.3 is 4.42 Å². The lowest BCUT2D eigenvalue weighted by Crippen LogP contribution is -2.23. The van der Waals surface area contributed by atoms with Gasteiger partial charge in [0, 0.05) is 11.5 Å². The molecule has 1 N–H and O–H groups in total. The molecule has 0 unspecified atom stereocenters. The summed E-state index contributed by atoms with van der Waals surface area (Å²) < 4.78 is 5.10. The molecule has 1 aliphatic rings. The zero-order chi connectivity index (χ0) is 12.7. The number of nitrogens with one attached hydrogen (secondary N) is 1. The number of carbonyl (C=O) groups is 2. The highest BCUT2D eigenvalue weighted by Crippen LogP contribution is 2.19. The summed E-state index contributed by atoms with van der Waals surface area (Å²) in [5.74, 6) is -1.11. The molecular formula is C13H7NO4. The molecule has 1 aromatic heterocycles. The van der Waals surface area contributed by atoms with E-state index in [0.717, 1.165) is 6.08 Å². The van der Waals surface area contributed by atoms with Crippen LogP contribution >= 0.6 is 0 Å². The Kier molecular flexibility index (Phi) is 2.13. The Morgan fingerprint density at radius 2 is 1.83 bits per heavy atom. The van der Waals surface area contributed by atoms with Crippen molar-refractivity contribution >= 4 is 28.4 Å². The highest BCUT2D eigenvalue weighted by atomic mass is 16.4. The molecule has 1 aromatic carbocycles. The van der Waals surface area contributed by atoms with Crippen molar-refractivity contribution in [1.29, 1.82) is 0 Å². The van der Waals surface area contributed by atoms with E-state index < -0.39 is 17.4 Å². The molecule has 3 rings (SSSR count). The number of rotatable bonds is 1. The lowest BCUT2D eigenvalue weighted by atomic mass is 10.1. The monoisotopic (exact) mass is 241 g/mol. The number of para-hydroxylation sites is 1. The van der Waals surface area contributed by atoms with Gasteiger partial charge in [-0.15, -0.1) is 0 Å². The maximum atomic E-state index is 11.8. The molecular weight excluding hydrogens is 234 g/mol. The molecule has 2 amide bonds. The second-order valence-corrected chi connectivity index (χ2v) is 3.86. The normalized spacial score (nSPS) is 14.8. The zero-order valence-electron chi connectivity index (χ0n) is 9.10. The molecule has 0 aliphatic carbocycles. The van der Waals surface area contributed by atoms with E-state index in [4.69, 9.17) is 4.42 Å². The van der Waals surface area contributed by atoms with Crippen molar-refractivity contribution in [3.63, 3.8) is 0 Å². The Hall–Kier alpha value is -2.69. The van der Waals surface area contributed by atoms with Gasteiger partial charge in [-0.1, -0.05) is 18.2 Å². The Labute approximate surface area is 101 Å². The van der Waals surface area contributed by atoms with E-state index >= 15 is 0 Å². The third-order valence-corrected chi connectivity index (χ3v) is 2.69. The predicted molar refractivity (Wildman–Crippen MR) is 63.6 cm³/mol. The summed E-state index contributed by atoms with van der Waals surface area (Å²) >= 11 is 0. The van der Waals surface area contributed by atoms with E-state index in [0.29, 0.717) is 11.0 Å². The quantitative estimate of drug-likeness (QED) is 0.592. The van der Waals surface area contributed by atoms with Gasteiger partial charge in [-0.05, 0) is 12.1 Å². The first kappa shape index (κ1) is 10.5. The van der Waals surface area contributed by atoms with Gasteiger partial charge in [-0.3, -0.25) is 14.9 Å². The number of amides is 2. The molecule has 0 saturated heterocycles. The molecule has 0 atom stereocenters. The predicted octanol–water partition coefficient (Wildman–Crippen LogP) is 0.833. The number of carbonyl (C=O) groups excluding carboxylic acids is 2. The molecule has 0 spiro atoms. The van der Waals surface area contributed by atoms with Crippen molar-refractivity contribution in [2.75, 3.05) is 0 Å². The summed E-state index contributed by atoms with van der Waals surface area (Å²) in [6.07, 6.45) is 1.10. The van der Waals surface area contributed by atoms with E-state index in [1.54, 1.807) is 30.3 Å². The molecule has 2 aromatic rings. The summed E-state index contributed by atoms with van der Waals surface area (Å²) in [7, 11) is 0. The first-order valence-electron chi connectivity index (χ1n) is 5.25. The minimum absolute atomic E-state index is 0.0412. The minimum Gasteiger partial charge on any atom is -0.422 e. The lowest BCUT2D eigenvalue weighted by molar-refractivity contribution is -0.123. The van der Waals surface area contributed by atoms with Crippen LogP contribution in [-0.2, 0) is 9.59 Å². The van der Waals surface area contributed by atoms with Gasteiger partial charge in [0.2, 0.25) is 0 Å². The van der Waals surface area contributed by atoms with Crippen LogP contribution in [0.1, 0.15) is 5.56 Å². The van der Waals surface area contributed by atoms with Crippen molar-refractivity contribution in [2.24, 2.45) is 0 Å². The third kappa shape index (κ3) is 1.53. The second-order valence-electron chi connectivity index (χ2n) is 3.86. The Balaban J connectivity index is 2.27. The first-order chi connectivity index (χ1) is 8.65. The van der Waals surface area contributed by atoms with E-state index in [-0.39, 0.29) is 11.1 Å². The molecule has 0 saturated carbocycles. The van der Waals surface area contributed by atoms with Gasteiger partial charge in [0.1, 0.15) is 5.58 Å². The maximum Gasteiger partial charge on any atom is 0.344 e. The van der Waals surface area contributed by atoms with Gasteiger partial charge in [0.25, 0.3) is 11.8 Å². The van der Waals surface area contributed by atoms with Gasteiger partial charge >= 0.3 is 5.63 Å². The Bertz CT molecular complexity index is 770. The average Bonchev–Trinajstić information content (AvgIpc) is 2.67. The van der Waals surface area contributed by atoms with E-state index in [1.165, 1.54) is 0 Å². The van der Waals surface area contributed by atoms with E-state index in [9.17, 15) is 14.4 Å². The van der Waals surface area contributed by atoms with E-state index in [2.05, 4.69) is 5.32 Å².